The summed E-state index contributed by atoms with van der Waals surface area (Å²) in [7, 11) is 1.65. The predicted octanol–water partition coefficient (Wildman–Crippen LogP) is 4.01. The molecule has 3 nitrogen and oxygen atoms in total. The van der Waals surface area contributed by atoms with Crippen LogP contribution in [0.3, 0.4) is 0 Å². The zero-order chi connectivity index (χ0) is 15.1. The zero-order valence-corrected chi connectivity index (χ0v) is 13.5. The average molecular weight is 279 g/mol. The predicted molar refractivity (Wildman–Crippen MR) is 85.6 cm³/mol. The number of benzene rings is 1. The van der Waals surface area contributed by atoms with Gasteiger partial charge in [-0.3, -0.25) is 0 Å². The zero-order valence-electron chi connectivity index (χ0n) is 13.5. The van der Waals surface area contributed by atoms with Crippen molar-refractivity contribution < 1.29 is 9.84 Å². The van der Waals surface area contributed by atoms with E-state index in [-0.39, 0.29) is 0 Å². The van der Waals surface area contributed by atoms with Gasteiger partial charge in [-0.25, -0.2) is 0 Å². The maximum atomic E-state index is 10.1. The number of aliphatic hydroxyl groups excluding tert-OH is 1. The standard InChI is InChI=1S/C17H29NO2/c1-6-14(7-2)12-18(8-3)15-10-9-11-16(20-5)17(15)13(4)19/h9-11,13-14,19H,6-8,12H2,1-5H3. The van der Waals surface area contributed by atoms with Crippen LogP contribution in [0.2, 0.25) is 0 Å². The van der Waals surface area contributed by atoms with Gasteiger partial charge in [0.05, 0.1) is 13.2 Å². The highest BCUT2D eigenvalue weighted by Gasteiger charge is 2.19. The first-order valence-electron chi connectivity index (χ1n) is 7.68. The van der Waals surface area contributed by atoms with Gasteiger partial charge in [-0.1, -0.05) is 32.8 Å². The monoisotopic (exact) mass is 279 g/mol. The van der Waals surface area contributed by atoms with Crippen molar-refractivity contribution in [3.8, 4) is 5.75 Å². The summed E-state index contributed by atoms with van der Waals surface area (Å²) >= 11 is 0. The molecule has 0 aliphatic heterocycles. The molecule has 0 heterocycles. The minimum Gasteiger partial charge on any atom is -0.496 e. The van der Waals surface area contributed by atoms with Gasteiger partial charge >= 0.3 is 0 Å². The third-order valence-electron chi connectivity index (χ3n) is 4.04. The lowest BCUT2D eigenvalue weighted by Crippen LogP contribution is -2.30. The quantitative estimate of drug-likeness (QED) is 0.780. The number of aliphatic hydroxyl groups is 1. The van der Waals surface area contributed by atoms with Crippen LogP contribution in [0.1, 0.15) is 52.2 Å². The molecule has 3 heteroatoms. The van der Waals surface area contributed by atoms with E-state index in [4.69, 9.17) is 4.74 Å². The minimum absolute atomic E-state index is 0.531. The van der Waals surface area contributed by atoms with Crippen molar-refractivity contribution in [3.63, 3.8) is 0 Å². The molecule has 0 saturated heterocycles. The highest BCUT2D eigenvalue weighted by atomic mass is 16.5. The molecule has 1 atom stereocenters. The van der Waals surface area contributed by atoms with Crippen molar-refractivity contribution in [1.82, 2.24) is 0 Å². The number of hydrogen-bond donors (Lipinski definition) is 1. The van der Waals surface area contributed by atoms with Crippen LogP contribution >= 0.6 is 0 Å². The van der Waals surface area contributed by atoms with E-state index in [0.717, 1.165) is 30.1 Å². The highest BCUT2D eigenvalue weighted by molar-refractivity contribution is 5.60. The van der Waals surface area contributed by atoms with E-state index in [0.29, 0.717) is 5.92 Å². The molecule has 0 radical (unpaired) electrons. The molecule has 0 amide bonds. The molecule has 114 valence electrons. The molecule has 0 aromatic heterocycles. The molecule has 1 unspecified atom stereocenters. The van der Waals surface area contributed by atoms with Gasteiger partial charge in [0.1, 0.15) is 5.75 Å². The smallest absolute Gasteiger partial charge is 0.126 e. The van der Waals surface area contributed by atoms with E-state index in [1.54, 1.807) is 14.0 Å². The van der Waals surface area contributed by atoms with Gasteiger partial charge in [-0.05, 0) is 31.9 Å². The summed E-state index contributed by atoms with van der Waals surface area (Å²) < 4.78 is 5.41. The number of ether oxygens (including phenoxy) is 1. The summed E-state index contributed by atoms with van der Waals surface area (Å²) in [5, 5.41) is 10.1. The molecular formula is C17H29NO2. The second-order valence-electron chi connectivity index (χ2n) is 5.29. The molecule has 1 aromatic rings. The normalized spacial score (nSPS) is 12.6. The Morgan fingerprint density at radius 2 is 1.85 bits per heavy atom. The number of methoxy groups -OCH3 is 1. The third-order valence-corrected chi connectivity index (χ3v) is 4.04. The van der Waals surface area contributed by atoms with Crippen molar-refractivity contribution in [2.45, 2.75) is 46.6 Å². The molecule has 0 saturated carbocycles. The molecular weight excluding hydrogens is 250 g/mol. The lowest BCUT2D eigenvalue weighted by atomic mass is 10.0. The van der Waals surface area contributed by atoms with Gasteiger partial charge in [0.2, 0.25) is 0 Å². The van der Waals surface area contributed by atoms with E-state index in [2.05, 4.69) is 31.7 Å². The Morgan fingerprint density at radius 1 is 1.20 bits per heavy atom. The molecule has 1 aromatic carbocycles. The van der Waals surface area contributed by atoms with Crippen molar-refractivity contribution >= 4 is 5.69 Å². The summed E-state index contributed by atoms with van der Waals surface area (Å²) in [4.78, 5) is 2.35. The molecule has 0 fully saturated rings. The number of hydrogen-bond acceptors (Lipinski definition) is 3. The maximum absolute atomic E-state index is 10.1. The fourth-order valence-electron chi connectivity index (χ4n) is 2.66. The Kier molecular flexibility index (Phi) is 6.86. The third kappa shape index (κ3) is 3.89. The first kappa shape index (κ1) is 16.8. The van der Waals surface area contributed by atoms with Gasteiger partial charge in [-0.2, -0.15) is 0 Å². The van der Waals surface area contributed by atoms with E-state index >= 15 is 0 Å². The van der Waals surface area contributed by atoms with Gasteiger partial charge in [0.15, 0.2) is 0 Å². The molecule has 0 bridgehead atoms. The van der Waals surface area contributed by atoms with Crippen molar-refractivity contribution in [3.05, 3.63) is 23.8 Å². The maximum Gasteiger partial charge on any atom is 0.126 e. The largest absolute Gasteiger partial charge is 0.496 e. The first-order valence-corrected chi connectivity index (χ1v) is 7.68. The summed E-state index contributed by atoms with van der Waals surface area (Å²) in [6.45, 7) is 10.4. The Hall–Kier alpha value is -1.22. The van der Waals surface area contributed by atoms with Gasteiger partial charge in [0, 0.05) is 24.3 Å². The second-order valence-corrected chi connectivity index (χ2v) is 5.29. The lowest BCUT2D eigenvalue weighted by Gasteiger charge is -2.30. The Bertz CT molecular complexity index is 400. The Morgan fingerprint density at radius 3 is 2.30 bits per heavy atom. The molecule has 0 aliphatic carbocycles. The van der Waals surface area contributed by atoms with E-state index in [9.17, 15) is 5.11 Å². The number of nitrogens with zero attached hydrogens (tertiary/aromatic N) is 1. The van der Waals surface area contributed by atoms with Crippen LogP contribution in [-0.4, -0.2) is 25.3 Å². The van der Waals surface area contributed by atoms with Crippen molar-refractivity contribution in [1.29, 1.82) is 0 Å². The van der Waals surface area contributed by atoms with E-state index in [1.807, 2.05) is 12.1 Å². The molecule has 0 aliphatic rings. The van der Waals surface area contributed by atoms with Crippen LogP contribution in [0, 0.1) is 5.92 Å². The van der Waals surface area contributed by atoms with Crippen LogP contribution in [0.15, 0.2) is 18.2 Å². The van der Waals surface area contributed by atoms with Gasteiger partial charge < -0.3 is 14.7 Å². The second kappa shape index (κ2) is 8.15. The Labute approximate surface area is 123 Å². The van der Waals surface area contributed by atoms with E-state index < -0.39 is 6.10 Å². The van der Waals surface area contributed by atoms with Crippen LogP contribution < -0.4 is 9.64 Å². The molecule has 0 spiro atoms. The minimum atomic E-state index is -0.531. The van der Waals surface area contributed by atoms with Gasteiger partial charge in [-0.15, -0.1) is 0 Å². The highest BCUT2D eigenvalue weighted by Crippen LogP contribution is 2.35. The summed E-state index contributed by atoms with van der Waals surface area (Å²) in [6, 6.07) is 5.99. The SMILES string of the molecule is CCC(CC)CN(CC)c1cccc(OC)c1C(C)O. The first-order chi connectivity index (χ1) is 9.58. The van der Waals surface area contributed by atoms with Crippen LogP contribution in [0.5, 0.6) is 5.75 Å². The van der Waals surface area contributed by atoms with E-state index in [1.165, 1.54) is 12.8 Å². The summed E-state index contributed by atoms with van der Waals surface area (Å²) in [5.74, 6) is 1.45. The lowest BCUT2D eigenvalue weighted by molar-refractivity contribution is 0.194. The summed E-state index contributed by atoms with van der Waals surface area (Å²) in [5.41, 5.74) is 1.98. The van der Waals surface area contributed by atoms with Crippen LogP contribution in [-0.2, 0) is 0 Å². The fourth-order valence-corrected chi connectivity index (χ4v) is 2.66. The number of rotatable bonds is 8. The van der Waals surface area contributed by atoms with Crippen LogP contribution in [0.25, 0.3) is 0 Å². The molecule has 20 heavy (non-hydrogen) atoms. The number of anilines is 1. The van der Waals surface area contributed by atoms with Crippen LogP contribution in [0.4, 0.5) is 5.69 Å². The van der Waals surface area contributed by atoms with Gasteiger partial charge in [0.25, 0.3) is 0 Å². The summed E-state index contributed by atoms with van der Waals surface area (Å²) in [6.07, 6.45) is 1.83. The molecule has 1 rings (SSSR count). The Balaban J connectivity index is 3.14. The van der Waals surface area contributed by atoms with Crippen molar-refractivity contribution in [2.24, 2.45) is 5.92 Å². The topological polar surface area (TPSA) is 32.7 Å². The molecule has 1 N–H and O–H groups in total. The van der Waals surface area contributed by atoms with Crippen molar-refractivity contribution in [2.75, 3.05) is 25.1 Å². The average Bonchev–Trinajstić information content (AvgIpc) is 2.47. The fraction of sp³-hybridized carbons (Fsp3) is 0.647.